The summed E-state index contributed by atoms with van der Waals surface area (Å²) in [6.07, 6.45) is 1.24. The molecule has 4 nitrogen and oxygen atoms in total. The molecule has 1 aromatic rings. The minimum Gasteiger partial charge on any atom is -0.373 e. The molecule has 112 valence electrons. The first-order valence-corrected chi connectivity index (χ1v) is 7.85. The van der Waals surface area contributed by atoms with Crippen LogP contribution in [-0.2, 0) is 6.54 Å². The summed E-state index contributed by atoms with van der Waals surface area (Å²) in [5.74, 6) is 0.879. The molecule has 0 amide bonds. The summed E-state index contributed by atoms with van der Waals surface area (Å²) in [5, 5.41) is 3.83. The van der Waals surface area contributed by atoms with Crippen LogP contribution in [0.1, 0.15) is 26.0 Å². The molecule has 20 heavy (non-hydrogen) atoms. The van der Waals surface area contributed by atoms with Crippen LogP contribution in [0.3, 0.4) is 0 Å². The van der Waals surface area contributed by atoms with Gasteiger partial charge in [0.2, 0.25) is 0 Å². The second-order valence-electron chi connectivity index (χ2n) is 5.27. The van der Waals surface area contributed by atoms with Crippen LogP contribution < -0.4 is 5.32 Å². The van der Waals surface area contributed by atoms with Gasteiger partial charge in [-0.05, 0) is 31.6 Å². The van der Waals surface area contributed by atoms with Crippen LogP contribution in [-0.4, -0.2) is 54.1 Å². The maximum atomic E-state index is 6.26. The maximum absolute atomic E-state index is 6.26. The molecule has 1 unspecified atom stereocenters. The van der Waals surface area contributed by atoms with Crippen molar-refractivity contribution in [2.45, 2.75) is 32.9 Å². The summed E-state index contributed by atoms with van der Waals surface area (Å²) in [6.45, 7) is 9.81. The number of rotatable bonds is 6. The Kier molecular flexibility index (Phi) is 5.64. The highest BCUT2D eigenvalue weighted by molar-refractivity contribution is 6.31. The molecular formula is C15H25ClN4. The minimum absolute atomic E-state index is 0.677. The van der Waals surface area contributed by atoms with E-state index in [1.54, 1.807) is 0 Å². The van der Waals surface area contributed by atoms with E-state index in [2.05, 4.69) is 33.9 Å². The van der Waals surface area contributed by atoms with Gasteiger partial charge >= 0.3 is 0 Å². The number of likely N-dealkylation sites (N-methyl/N-ethyl adjacent to an activating group) is 1. The summed E-state index contributed by atoms with van der Waals surface area (Å²) >= 11 is 6.26. The fraction of sp³-hybridized carbons (Fsp3) is 0.667. The molecule has 0 spiro atoms. The first-order chi connectivity index (χ1) is 9.67. The number of anilines is 1. The molecule has 2 rings (SSSR count). The van der Waals surface area contributed by atoms with Crippen LogP contribution in [0.4, 0.5) is 5.82 Å². The van der Waals surface area contributed by atoms with Gasteiger partial charge in [-0.2, -0.15) is 0 Å². The molecule has 5 heteroatoms. The van der Waals surface area contributed by atoms with E-state index in [1.807, 2.05) is 19.2 Å². The van der Waals surface area contributed by atoms with Gasteiger partial charge in [0, 0.05) is 32.7 Å². The number of aromatic nitrogens is 1. The zero-order chi connectivity index (χ0) is 14.5. The van der Waals surface area contributed by atoms with E-state index < -0.39 is 0 Å². The normalized spacial score (nSPS) is 19.8. The lowest BCUT2D eigenvalue weighted by Crippen LogP contribution is -2.37. The first kappa shape index (κ1) is 15.5. The Balaban J connectivity index is 1.98. The summed E-state index contributed by atoms with van der Waals surface area (Å²) in [4.78, 5) is 9.56. The Morgan fingerprint density at radius 3 is 2.80 bits per heavy atom. The van der Waals surface area contributed by atoms with Gasteiger partial charge in [-0.3, -0.25) is 9.80 Å². The molecule has 1 aliphatic heterocycles. The third kappa shape index (κ3) is 3.62. The van der Waals surface area contributed by atoms with Crippen LogP contribution in [0.25, 0.3) is 0 Å². The lowest BCUT2D eigenvalue weighted by atomic mass is 10.2. The van der Waals surface area contributed by atoms with E-state index >= 15 is 0 Å². The molecule has 1 saturated heterocycles. The molecule has 1 aliphatic rings. The van der Waals surface area contributed by atoms with Crippen molar-refractivity contribution in [3.8, 4) is 0 Å². The quantitative estimate of drug-likeness (QED) is 0.874. The van der Waals surface area contributed by atoms with Gasteiger partial charge in [0.15, 0.2) is 0 Å². The minimum atomic E-state index is 0.677. The molecule has 0 aliphatic carbocycles. The van der Waals surface area contributed by atoms with Crippen molar-refractivity contribution in [3.63, 3.8) is 0 Å². The van der Waals surface area contributed by atoms with Crippen LogP contribution in [0, 0.1) is 0 Å². The van der Waals surface area contributed by atoms with Gasteiger partial charge in [-0.15, -0.1) is 0 Å². The number of nitrogens with one attached hydrogen (secondary N) is 1. The maximum Gasteiger partial charge on any atom is 0.126 e. The third-order valence-corrected chi connectivity index (χ3v) is 4.47. The summed E-state index contributed by atoms with van der Waals surface area (Å²) < 4.78 is 0. The third-order valence-electron chi connectivity index (χ3n) is 4.12. The van der Waals surface area contributed by atoms with Crippen LogP contribution in [0.15, 0.2) is 12.1 Å². The molecule has 1 fully saturated rings. The van der Waals surface area contributed by atoms with Gasteiger partial charge in [0.05, 0.1) is 10.7 Å². The topological polar surface area (TPSA) is 31.4 Å². The average Bonchev–Trinajstić information content (AvgIpc) is 2.91. The highest BCUT2D eigenvalue weighted by Crippen LogP contribution is 2.22. The molecule has 0 saturated carbocycles. The Morgan fingerprint density at radius 1 is 1.40 bits per heavy atom. The van der Waals surface area contributed by atoms with E-state index in [0.717, 1.165) is 49.3 Å². The smallest absolute Gasteiger partial charge is 0.126 e. The highest BCUT2D eigenvalue weighted by Gasteiger charge is 2.26. The zero-order valence-electron chi connectivity index (χ0n) is 12.7. The molecule has 0 radical (unpaired) electrons. The Morgan fingerprint density at radius 2 is 2.15 bits per heavy atom. The largest absolute Gasteiger partial charge is 0.373 e. The Labute approximate surface area is 127 Å². The summed E-state index contributed by atoms with van der Waals surface area (Å²) in [6, 6.07) is 4.51. The van der Waals surface area contributed by atoms with Crippen molar-refractivity contribution in [3.05, 3.63) is 22.8 Å². The number of hydrogen-bond acceptors (Lipinski definition) is 4. The number of hydrogen-bond donors (Lipinski definition) is 1. The highest BCUT2D eigenvalue weighted by atomic mass is 35.5. The van der Waals surface area contributed by atoms with Crippen LogP contribution in [0.2, 0.25) is 5.02 Å². The SMILES string of the molecule is CCN(CC)C1CCN(Cc2nc(NC)ccc2Cl)C1. The molecular weight excluding hydrogens is 272 g/mol. The Bertz CT molecular complexity index is 434. The number of likely N-dealkylation sites (tertiary alicyclic amines) is 1. The molecule has 1 atom stereocenters. The van der Waals surface area contributed by atoms with Crippen molar-refractivity contribution in [1.82, 2.24) is 14.8 Å². The predicted octanol–water partition coefficient (Wildman–Crippen LogP) is 2.69. The lowest BCUT2D eigenvalue weighted by molar-refractivity contribution is 0.208. The average molecular weight is 297 g/mol. The van der Waals surface area contributed by atoms with E-state index in [-0.39, 0.29) is 0 Å². The van der Waals surface area contributed by atoms with Crippen molar-refractivity contribution in [2.24, 2.45) is 0 Å². The van der Waals surface area contributed by atoms with Crippen LogP contribution in [0.5, 0.6) is 0 Å². The monoisotopic (exact) mass is 296 g/mol. The number of nitrogens with zero attached hydrogens (tertiary/aromatic N) is 3. The van der Waals surface area contributed by atoms with E-state index in [0.29, 0.717) is 6.04 Å². The van der Waals surface area contributed by atoms with Crippen molar-refractivity contribution < 1.29 is 0 Å². The van der Waals surface area contributed by atoms with Crippen molar-refractivity contribution >= 4 is 17.4 Å². The zero-order valence-corrected chi connectivity index (χ0v) is 13.5. The second kappa shape index (κ2) is 7.25. The van der Waals surface area contributed by atoms with E-state index in [9.17, 15) is 0 Å². The summed E-state index contributed by atoms with van der Waals surface area (Å²) in [5.41, 5.74) is 0.971. The van der Waals surface area contributed by atoms with Gasteiger partial charge in [-0.25, -0.2) is 4.98 Å². The van der Waals surface area contributed by atoms with Crippen molar-refractivity contribution in [1.29, 1.82) is 0 Å². The van der Waals surface area contributed by atoms with Gasteiger partial charge in [0.25, 0.3) is 0 Å². The molecule has 0 bridgehead atoms. The molecule has 0 aromatic carbocycles. The standard InChI is InChI=1S/C15H25ClN4/c1-4-20(5-2)12-8-9-19(10-12)11-14-13(16)6-7-15(17-3)18-14/h6-7,12H,4-5,8-11H2,1-3H3,(H,17,18). The number of halogens is 1. The fourth-order valence-corrected chi connectivity index (χ4v) is 3.11. The van der Waals surface area contributed by atoms with Crippen LogP contribution >= 0.6 is 11.6 Å². The molecule has 1 N–H and O–H groups in total. The Hall–Kier alpha value is -0.840. The van der Waals surface area contributed by atoms with Gasteiger partial charge in [-0.1, -0.05) is 25.4 Å². The van der Waals surface area contributed by atoms with Gasteiger partial charge in [0.1, 0.15) is 5.82 Å². The summed E-state index contributed by atoms with van der Waals surface area (Å²) in [7, 11) is 1.88. The first-order valence-electron chi connectivity index (χ1n) is 7.47. The van der Waals surface area contributed by atoms with E-state index in [1.165, 1.54) is 6.42 Å². The predicted molar refractivity (Wildman–Crippen MR) is 85.4 cm³/mol. The van der Waals surface area contributed by atoms with Crippen molar-refractivity contribution in [2.75, 3.05) is 38.5 Å². The molecule has 2 heterocycles. The lowest BCUT2D eigenvalue weighted by Gasteiger charge is -2.26. The second-order valence-corrected chi connectivity index (χ2v) is 5.68. The molecule has 1 aromatic heterocycles. The van der Waals surface area contributed by atoms with Gasteiger partial charge < -0.3 is 5.32 Å². The number of pyridine rings is 1. The van der Waals surface area contributed by atoms with E-state index in [4.69, 9.17) is 11.6 Å². The fourth-order valence-electron chi connectivity index (χ4n) is 2.94.